The van der Waals surface area contributed by atoms with Crippen molar-refractivity contribution in [3.8, 4) is 0 Å². The summed E-state index contributed by atoms with van der Waals surface area (Å²) in [4.78, 5) is 0. The molecule has 84 valence electrons. The summed E-state index contributed by atoms with van der Waals surface area (Å²) in [5.41, 5.74) is 5.88. The fourth-order valence-electron chi connectivity index (χ4n) is 1.90. The van der Waals surface area contributed by atoms with Crippen LogP contribution in [0.1, 0.15) is 54.4 Å². The standard InChI is InChI=1S/C12H25NO/c1-10(2,3)11(4,5)14-12(6)7-9(13)8-12/h9H,7-8,13H2,1-6H3. The second-order valence-electron chi connectivity index (χ2n) is 6.48. The Kier molecular flexibility index (Phi) is 2.75. The Hall–Kier alpha value is -0.0800. The lowest BCUT2D eigenvalue weighted by atomic mass is 9.74. The largest absolute Gasteiger partial charge is 0.369 e. The van der Waals surface area contributed by atoms with Crippen LogP contribution >= 0.6 is 0 Å². The van der Waals surface area contributed by atoms with Crippen molar-refractivity contribution in [3.05, 3.63) is 0 Å². The van der Waals surface area contributed by atoms with Crippen molar-refractivity contribution in [2.75, 3.05) is 0 Å². The van der Waals surface area contributed by atoms with Gasteiger partial charge in [0.2, 0.25) is 0 Å². The van der Waals surface area contributed by atoms with Gasteiger partial charge in [0.1, 0.15) is 0 Å². The molecular formula is C12H25NO. The zero-order valence-corrected chi connectivity index (χ0v) is 10.5. The van der Waals surface area contributed by atoms with Crippen molar-refractivity contribution in [2.24, 2.45) is 11.1 Å². The molecule has 0 aromatic heterocycles. The minimum Gasteiger partial charge on any atom is -0.369 e. The third-order valence-electron chi connectivity index (χ3n) is 3.70. The third-order valence-corrected chi connectivity index (χ3v) is 3.70. The average molecular weight is 199 g/mol. The van der Waals surface area contributed by atoms with Crippen molar-refractivity contribution < 1.29 is 4.74 Å². The first kappa shape index (κ1) is 12.0. The maximum Gasteiger partial charge on any atom is 0.0691 e. The summed E-state index contributed by atoms with van der Waals surface area (Å²) in [5, 5.41) is 0. The molecule has 14 heavy (non-hydrogen) atoms. The Morgan fingerprint density at radius 1 is 1.14 bits per heavy atom. The lowest BCUT2D eigenvalue weighted by Crippen LogP contribution is -2.56. The van der Waals surface area contributed by atoms with Crippen molar-refractivity contribution in [1.82, 2.24) is 0 Å². The smallest absolute Gasteiger partial charge is 0.0691 e. The molecule has 0 aromatic carbocycles. The van der Waals surface area contributed by atoms with Gasteiger partial charge in [0.25, 0.3) is 0 Å². The third kappa shape index (κ3) is 2.29. The first-order chi connectivity index (χ1) is 6.06. The number of hydrogen-bond donors (Lipinski definition) is 1. The molecule has 1 fully saturated rings. The minimum absolute atomic E-state index is 0.0101. The number of hydrogen-bond acceptors (Lipinski definition) is 2. The van der Waals surface area contributed by atoms with Crippen molar-refractivity contribution >= 4 is 0 Å². The molecule has 1 saturated carbocycles. The highest BCUT2D eigenvalue weighted by Crippen LogP contribution is 2.43. The van der Waals surface area contributed by atoms with Gasteiger partial charge in [-0.15, -0.1) is 0 Å². The zero-order valence-electron chi connectivity index (χ0n) is 10.5. The molecule has 2 heteroatoms. The normalized spacial score (nSPS) is 34.1. The fraction of sp³-hybridized carbons (Fsp3) is 1.00. The summed E-state index contributed by atoms with van der Waals surface area (Å²) < 4.78 is 6.22. The molecule has 1 rings (SSSR count). The van der Waals surface area contributed by atoms with Crippen LogP contribution in [0.4, 0.5) is 0 Å². The van der Waals surface area contributed by atoms with E-state index in [-0.39, 0.29) is 16.6 Å². The van der Waals surface area contributed by atoms with Crippen LogP contribution in [0.5, 0.6) is 0 Å². The number of rotatable bonds is 2. The molecule has 1 aliphatic carbocycles. The SMILES string of the molecule is CC1(OC(C)(C)C(C)(C)C)CC(N)C1. The van der Waals surface area contributed by atoms with Crippen LogP contribution in [-0.4, -0.2) is 17.2 Å². The van der Waals surface area contributed by atoms with Gasteiger partial charge in [0.05, 0.1) is 11.2 Å². The van der Waals surface area contributed by atoms with Crippen molar-refractivity contribution in [3.63, 3.8) is 0 Å². The van der Waals surface area contributed by atoms with Gasteiger partial charge in [-0.25, -0.2) is 0 Å². The lowest BCUT2D eigenvalue weighted by molar-refractivity contribution is -0.209. The molecule has 0 atom stereocenters. The molecule has 0 aliphatic heterocycles. The predicted molar refractivity (Wildman–Crippen MR) is 60.2 cm³/mol. The summed E-state index contributed by atoms with van der Waals surface area (Å²) in [6.07, 6.45) is 1.99. The molecule has 0 bridgehead atoms. The van der Waals surface area contributed by atoms with E-state index in [0.717, 1.165) is 12.8 Å². The molecule has 2 nitrogen and oxygen atoms in total. The van der Waals surface area contributed by atoms with Crippen LogP contribution in [0, 0.1) is 5.41 Å². The first-order valence-corrected chi connectivity index (χ1v) is 5.52. The Labute approximate surface area is 88.2 Å². The van der Waals surface area contributed by atoms with E-state index in [0.29, 0.717) is 6.04 Å². The quantitative estimate of drug-likeness (QED) is 0.742. The van der Waals surface area contributed by atoms with Crippen molar-refractivity contribution in [1.29, 1.82) is 0 Å². The van der Waals surface area contributed by atoms with Gasteiger partial charge in [-0.2, -0.15) is 0 Å². The molecule has 0 radical (unpaired) electrons. The second kappa shape index (κ2) is 3.21. The maximum atomic E-state index is 6.22. The molecule has 2 N–H and O–H groups in total. The van der Waals surface area contributed by atoms with E-state index in [9.17, 15) is 0 Å². The summed E-state index contributed by atoms with van der Waals surface area (Å²) in [6.45, 7) is 13.2. The molecular weight excluding hydrogens is 174 g/mol. The van der Waals surface area contributed by atoms with Crippen LogP contribution in [0.3, 0.4) is 0 Å². The molecule has 1 aliphatic rings. The second-order valence-corrected chi connectivity index (χ2v) is 6.48. The predicted octanol–water partition coefficient (Wildman–Crippen LogP) is 2.71. The summed E-state index contributed by atoms with van der Waals surface area (Å²) in [7, 11) is 0. The van der Waals surface area contributed by atoms with Crippen LogP contribution in [0.25, 0.3) is 0 Å². The van der Waals surface area contributed by atoms with Gasteiger partial charge >= 0.3 is 0 Å². The van der Waals surface area contributed by atoms with E-state index in [1.807, 2.05) is 0 Å². The van der Waals surface area contributed by atoms with Crippen LogP contribution in [0.2, 0.25) is 0 Å². The van der Waals surface area contributed by atoms with E-state index in [1.54, 1.807) is 0 Å². The Morgan fingerprint density at radius 2 is 1.57 bits per heavy atom. The Morgan fingerprint density at radius 3 is 1.86 bits per heavy atom. The highest BCUT2D eigenvalue weighted by Gasteiger charge is 2.46. The molecule has 0 amide bonds. The zero-order chi connectivity index (χ0) is 11.2. The summed E-state index contributed by atoms with van der Waals surface area (Å²) >= 11 is 0. The van der Waals surface area contributed by atoms with Crippen molar-refractivity contribution in [2.45, 2.75) is 71.6 Å². The van der Waals surface area contributed by atoms with Crippen LogP contribution in [-0.2, 0) is 4.74 Å². The number of ether oxygens (including phenoxy) is 1. The van der Waals surface area contributed by atoms with Gasteiger partial charge in [-0.1, -0.05) is 20.8 Å². The Bertz CT molecular complexity index is 209. The maximum absolute atomic E-state index is 6.22. The van der Waals surface area contributed by atoms with Gasteiger partial charge in [-0.05, 0) is 39.0 Å². The monoisotopic (exact) mass is 199 g/mol. The summed E-state index contributed by atoms with van der Waals surface area (Å²) in [6, 6.07) is 0.343. The van der Waals surface area contributed by atoms with E-state index < -0.39 is 0 Å². The topological polar surface area (TPSA) is 35.2 Å². The molecule has 0 aromatic rings. The Balaban J connectivity index is 2.60. The highest BCUT2D eigenvalue weighted by molar-refractivity contribution is 4.98. The highest BCUT2D eigenvalue weighted by atomic mass is 16.5. The molecule has 0 saturated heterocycles. The fourth-order valence-corrected chi connectivity index (χ4v) is 1.90. The van der Waals surface area contributed by atoms with E-state index in [1.165, 1.54) is 0 Å². The number of nitrogens with two attached hydrogens (primary N) is 1. The minimum atomic E-state index is -0.0953. The van der Waals surface area contributed by atoms with Gasteiger partial charge < -0.3 is 10.5 Å². The van der Waals surface area contributed by atoms with Crippen LogP contribution < -0.4 is 5.73 Å². The molecule has 0 heterocycles. The van der Waals surface area contributed by atoms with Gasteiger partial charge in [0, 0.05) is 6.04 Å². The molecule has 0 unspecified atom stereocenters. The van der Waals surface area contributed by atoms with Gasteiger partial charge in [0.15, 0.2) is 0 Å². The van der Waals surface area contributed by atoms with E-state index in [4.69, 9.17) is 10.5 Å². The molecule has 0 spiro atoms. The van der Waals surface area contributed by atoms with E-state index in [2.05, 4.69) is 41.5 Å². The summed E-state index contributed by atoms with van der Waals surface area (Å²) in [5.74, 6) is 0. The lowest BCUT2D eigenvalue weighted by Gasteiger charge is -2.51. The van der Waals surface area contributed by atoms with Gasteiger partial charge in [-0.3, -0.25) is 0 Å². The average Bonchev–Trinajstić information content (AvgIpc) is 1.78. The van der Waals surface area contributed by atoms with Crippen LogP contribution in [0.15, 0.2) is 0 Å². The van der Waals surface area contributed by atoms with E-state index >= 15 is 0 Å². The first-order valence-electron chi connectivity index (χ1n) is 5.52.